The molecule has 1 aliphatic heterocycles. The van der Waals surface area contributed by atoms with E-state index in [4.69, 9.17) is 0 Å². The van der Waals surface area contributed by atoms with E-state index in [1.165, 1.54) is 0 Å². The Morgan fingerprint density at radius 3 is 2.94 bits per heavy atom. The maximum atomic E-state index is 12.0. The number of H-pyrrole nitrogens is 1. The third kappa shape index (κ3) is 1.59. The number of carbonyl (C=O) groups is 1. The van der Waals surface area contributed by atoms with E-state index in [1.807, 2.05) is 23.7 Å². The molecule has 2 N–H and O–H groups in total. The van der Waals surface area contributed by atoms with Gasteiger partial charge in [-0.25, -0.2) is 0 Å². The van der Waals surface area contributed by atoms with Crippen molar-refractivity contribution < 1.29 is 4.79 Å². The van der Waals surface area contributed by atoms with E-state index in [0.29, 0.717) is 18.4 Å². The Balaban J connectivity index is 2.17. The van der Waals surface area contributed by atoms with Crippen LogP contribution in [-0.4, -0.2) is 28.4 Å². The van der Waals surface area contributed by atoms with Gasteiger partial charge in [-0.05, 0) is 12.1 Å². The largest absolute Gasteiger partial charge is 0.347 e. The zero-order valence-corrected chi connectivity index (χ0v) is 10.2. The first-order chi connectivity index (χ1) is 8.68. The number of hydrogen-bond acceptors (Lipinski definition) is 3. The molecule has 1 unspecified atom stereocenters. The molecule has 0 saturated carbocycles. The van der Waals surface area contributed by atoms with Crippen LogP contribution in [0.2, 0.25) is 0 Å². The average Bonchev–Trinajstić information content (AvgIpc) is 2.70. The minimum Gasteiger partial charge on any atom is -0.347 e. The summed E-state index contributed by atoms with van der Waals surface area (Å²) in [5, 5.41) is 3.88. The van der Waals surface area contributed by atoms with Gasteiger partial charge in [-0.2, -0.15) is 0 Å². The van der Waals surface area contributed by atoms with Gasteiger partial charge in [-0.1, -0.05) is 0 Å². The Hall–Kier alpha value is -1.88. The quantitative estimate of drug-likeness (QED) is 0.769. The van der Waals surface area contributed by atoms with E-state index in [-0.39, 0.29) is 17.3 Å². The average molecular weight is 245 g/mol. The molecule has 1 aliphatic rings. The zero-order valence-electron chi connectivity index (χ0n) is 10.2. The van der Waals surface area contributed by atoms with Crippen molar-refractivity contribution in [3.8, 4) is 0 Å². The first-order valence-corrected chi connectivity index (χ1v) is 6.09. The van der Waals surface area contributed by atoms with Gasteiger partial charge in [0, 0.05) is 38.4 Å². The third-order valence-electron chi connectivity index (χ3n) is 3.66. The fourth-order valence-corrected chi connectivity index (χ4v) is 2.65. The summed E-state index contributed by atoms with van der Waals surface area (Å²) < 4.78 is 1.94. The highest BCUT2D eigenvalue weighted by atomic mass is 16.1. The van der Waals surface area contributed by atoms with Crippen molar-refractivity contribution in [2.75, 3.05) is 13.1 Å². The smallest absolute Gasteiger partial charge is 0.257 e. The molecular weight excluding hydrogens is 230 g/mol. The van der Waals surface area contributed by atoms with Gasteiger partial charge >= 0.3 is 0 Å². The molecular formula is C13H15N3O2. The molecule has 3 heterocycles. The molecule has 0 radical (unpaired) electrons. The Morgan fingerprint density at radius 1 is 1.39 bits per heavy atom. The summed E-state index contributed by atoms with van der Waals surface area (Å²) in [5.41, 5.74) is 1.68. The van der Waals surface area contributed by atoms with Crippen LogP contribution in [0.5, 0.6) is 0 Å². The lowest BCUT2D eigenvalue weighted by Crippen LogP contribution is -2.36. The molecule has 1 atom stereocenters. The van der Waals surface area contributed by atoms with Crippen molar-refractivity contribution in [3.63, 3.8) is 0 Å². The number of aromatic amines is 1. The molecule has 3 rings (SSSR count). The maximum absolute atomic E-state index is 12.0. The van der Waals surface area contributed by atoms with E-state index in [1.54, 1.807) is 6.20 Å². The van der Waals surface area contributed by atoms with Crippen molar-refractivity contribution in [2.45, 2.75) is 12.3 Å². The lowest BCUT2D eigenvalue weighted by Gasteiger charge is -2.22. The molecule has 0 aromatic carbocycles. The number of nitrogens with one attached hydrogen (secondary N) is 2. The number of ketones is 1. The van der Waals surface area contributed by atoms with Crippen LogP contribution in [0, 0.1) is 0 Å². The number of fused-ring (bicyclic) bond motifs is 1. The molecule has 0 aliphatic carbocycles. The van der Waals surface area contributed by atoms with Gasteiger partial charge in [0.25, 0.3) is 5.56 Å². The summed E-state index contributed by atoms with van der Waals surface area (Å²) in [7, 11) is 1.90. The van der Waals surface area contributed by atoms with Gasteiger partial charge < -0.3 is 14.9 Å². The second-order valence-corrected chi connectivity index (χ2v) is 4.71. The van der Waals surface area contributed by atoms with Crippen LogP contribution >= 0.6 is 0 Å². The van der Waals surface area contributed by atoms with Gasteiger partial charge in [-0.3, -0.25) is 9.59 Å². The number of rotatable bonds is 1. The van der Waals surface area contributed by atoms with Gasteiger partial charge in [-0.15, -0.1) is 0 Å². The first kappa shape index (κ1) is 11.2. The first-order valence-electron chi connectivity index (χ1n) is 6.09. The molecule has 2 aromatic heterocycles. The van der Waals surface area contributed by atoms with Gasteiger partial charge in [0.05, 0.1) is 16.8 Å². The van der Waals surface area contributed by atoms with Crippen molar-refractivity contribution in [3.05, 3.63) is 34.4 Å². The van der Waals surface area contributed by atoms with E-state index >= 15 is 0 Å². The molecule has 5 nitrogen and oxygen atoms in total. The topological polar surface area (TPSA) is 66.9 Å². The number of aryl methyl sites for hydroxylation is 1. The van der Waals surface area contributed by atoms with Crippen molar-refractivity contribution in [1.29, 1.82) is 0 Å². The van der Waals surface area contributed by atoms with Crippen molar-refractivity contribution >= 4 is 16.7 Å². The lowest BCUT2D eigenvalue weighted by molar-refractivity contribution is -0.121. The van der Waals surface area contributed by atoms with E-state index < -0.39 is 0 Å². The van der Waals surface area contributed by atoms with Crippen LogP contribution in [0.15, 0.2) is 23.1 Å². The van der Waals surface area contributed by atoms with Crippen LogP contribution in [-0.2, 0) is 11.8 Å². The summed E-state index contributed by atoms with van der Waals surface area (Å²) >= 11 is 0. The van der Waals surface area contributed by atoms with Gasteiger partial charge in [0.1, 0.15) is 5.78 Å². The summed E-state index contributed by atoms with van der Waals surface area (Å²) in [6.07, 6.45) is 2.19. The Labute approximate surface area is 104 Å². The maximum Gasteiger partial charge on any atom is 0.257 e. The standard InChI is InChI=1S/C13H15N3O2/c1-16-10-2-5-15-13(18)8(10)6-11(16)9-7-14-4-3-12(9)17/h2,5-6,9,14H,3-4,7H2,1H3,(H,15,18). The van der Waals surface area contributed by atoms with Crippen molar-refractivity contribution in [1.82, 2.24) is 14.9 Å². The molecule has 5 heteroatoms. The number of nitrogens with zero attached hydrogens (tertiary/aromatic N) is 1. The summed E-state index contributed by atoms with van der Waals surface area (Å²) in [4.78, 5) is 26.4. The van der Waals surface area contributed by atoms with Crippen molar-refractivity contribution in [2.24, 2.45) is 7.05 Å². The zero-order chi connectivity index (χ0) is 12.7. The molecule has 1 saturated heterocycles. The summed E-state index contributed by atoms with van der Waals surface area (Å²) in [6.45, 7) is 1.40. The Morgan fingerprint density at radius 2 is 2.22 bits per heavy atom. The number of Topliss-reactive ketones (excluding diaryl/α,β-unsaturated/α-hetero) is 1. The van der Waals surface area contributed by atoms with Crippen LogP contribution < -0.4 is 10.9 Å². The molecule has 0 spiro atoms. The third-order valence-corrected chi connectivity index (χ3v) is 3.66. The van der Waals surface area contributed by atoms with E-state index in [0.717, 1.165) is 17.8 Å². The molecule has 2 aromatic rings. The Kier molecular flexibility index (Phi) is 2.56. The predicted octanol–water partition coefficient (Wildman–Crippen LogP) is 0.513. The van der Waals surface area contributed by atoms with E-state index in [9.17, 15) is 9.59 Å². The SMILES string of the molecule is Cn1c(C2CNCCC2=O)cc2c(=O)[nH]ccc21. The summed E-state index contributed by atoms with van der Waals surface area (Å²) in [5.74, 6) is 0.103. The molecule has 0 bridgehead atoms. The molecule has 18 heavy (non-hydrogen) atoms. The monoisotopic (exact) mass is 245 g/mol. The van der Waals surface area contributed by atoms with Gasteiger partial charge in [0.2, 0.25) is 0 Å². The predicted molar refractivity (Wildman–Crippen MR) is 68.8 cm³/mol. The second-order valence-electron chi connectivity index (χ2n) is 4.71. The molecule has 0 amide bonds. The number of aromatic nitrogens is 2. The summed E-state index contributed by atoms with van der Waals surface area (Å²) in [6, 6.07) is 3.70. The number of pyridine rings is 1. The minimum absolute atomic E-state index is 0.106. The fraction of sp³-hybridized carbons (Fsp3) is 0.385. The fourth-order valence-electron chi connectivity index (χ4n) is 2.65. The van der Waals surface area contributed by atoms with Crippen LogP contribution in [0.3, 0.4) is 0 Å². The molecule has 1 fully saturated rings. The molecule has 94 valence electrons. The van der Waals surface area contributed by atoms with E-state index in [2.05, 4.69) is 10.3 Å². The number of piperidine rings is 1. The minimum atomic E-state index is -0.143. The lowest BCUT2D eigenvalue weighted by atomic mass is 9.94. The highest BCUT2D eigenvalue weighted by Crippen LogP contribution is 2.25. The van der Waals surface area contributed by atoms with Crippen LogP contribution in [0.4, 0.5) is 0 Å². The van der Waals surface area contributed by atoms with Crippen LogP contribution in [0.25, 0.3) is 10.9 Å². The van der Waals surface area contributed by atoms with Gasteiger partial charge in [0.15, 0.2) is 0 Å². The number of hydrogen-bond donors (Lipinski definition) is 2. The van der Waals surface area contributed by atoms with Crippen LogP contribution in [0.1, 0.15) is 18.0 Å². The Bertz CT molecular complexity index is 668. The highest BCUT2D eigenvalue weighted by molar-refractivity contribution is 5.89. The normalized spacial score (nSPS) is 20.5. The second kappa shape index (κ2) is 4.10. The number of carbonyl (C=O) groups excluding carboxylic acids is 1. The highest BCUT2D eigenvalue weighted by Gasteiger charge is 2.26.